The van der Waals surface area contributed by atoms with Crippen LogP contribution in [0.3, 0.4) is 0 Å². The lowest BCUT2D eigenvalue weighted by atomic mass is 9.74. The van der Waals surface area contributed by atoms with Gasteiger partial charge >= 0.3 is 5.97 Å². The number of rotatable bonds is 4. The van der Waals surface area contributed by atoms with Crippen molar-refractivity contribution in [2.24, 2.45) is 5.41 Å². The third-order valence-electron chi connectivity index (χ3n) is 3.89. The van der Waals surface area contributed by atoms with E-state index in [4.69, 9.17) is 0 Å². The zero-order valence-electron chi connectivity index (χ0n) is 12.4. The molecule has 0 unspecified atom stereocenters. The van der Waals surface area contributed by atoms with Gasteiger partial charge in [-0.1, -0.05) is 6.07 Å². The van der Waals surface area contributed by atoms with Crippen LogP contribution in [-0.2, 0) is 4.79 Å². The average molecular weight is 281 g/mol. The minimum atomic E-state index is -1.19. The first-order valence-electron chi connectivity index (χ1n) is 6.31. The Balaban J connectivity index is 3.03. The molecule has 0 fully saturated rings. The second-order valence-electron chi connectivity index (χ2n) is 5.99. The molecule has 0 heterocycles. The molecule has 1 amide bonds. The average Bonchev–Trinajstić information content (AvgIpc) is 2.27. The predicted octanol–water partition coefficient (Wildman–Crippen LogP) is 2.75. The van der Waals surface area contributed by atoms with E-state index in [0.29, 0.717) is 5.56 Å². The fraction of sp³-hybridized carbons (Fsp3) is 0.467. The third kappa shape index (κ3) is 2.98. The molecule has 0 spiro atoms. The molecule has 1 aromatic carbocycles. The van der Waals surface area contributed by atoms with Gasteiger partial charge in [-0.3, -0.25) is 9.59 Å². The molecule has 2 N–H and O–H groups in total. The molecular weight excluding hydrogens is 261 g/mol. The SMILES string of the molecule is Cc1ccc(C(=O)NC(C)(C)C(C)(C)C(=O)O)c(F)c1. The number of halogens is 1. The number of carbonyl (C=O) groups excluding carboxylic acids is 1. The van der Waals surface area contributed by atoms with Gasteiger partial charge in [-0.05, 0) is 52.3 Å². The summed E-state index contributed by atoms with van der Waals surface area (Å²) in [6.07, 6.45) is 0. The van der Waals surface area contributed by atoms with E-state index >= 15 is 0 Å². The Morgan fingerprint density at radius 3 is 2.20 bits per heavy atom. The number of nitrogens with one attached hydrogen (secondary N) is 1. The quantitative estimate of drug-likeness (QED) is 0.891. The molecular formula is C15H20FNO3. The standard InChI is InChI=1S/C15H20FNO3/c1-9-6-7-10(11(16)8-9)12(18)17-15(4,5)14(2,3)13(19)20/h6-8H,1-5H3,(H,17,18)(H,19,20). The van der Waals surface area contributed by atoms with Crippen LogP contribution >= 0.6 is 0 Å². The van der Waals surface area contributed by atoms with Gasteiger partial charge in [-0.2, -0.15) is 0 Å². The Morgan fingerprint density at radius 1 is 1.20 bits per heavy atom. The molecule has 110 valence electrons. The van der Waals surface area contributed by atoms with Gasteiger partial charge in [0, 0.05) is 0 Å². The van der Waals surface area contributed by atoms with Gasteiger partial charge in [0.15, 0.2) is 0 Å². The summed E-state index contributed by atoms with van der Waals surface area (Å²) >= 11 is 0. The summed E-state index contributed by atoms with van der Waals surface area (Å²) < 4.78 is 13.8. The van der Waals surface area contributed by atoms with Crippen LogP contribution in [0.15, 0.2) is 18.2 Å². The molecule has 0 aliphatic carbocycles. The van der Waals surface area contributed by atoms with Gasteiger partial charge in [0.25, 0.3) is 5.91 Å². The van der Waals surface area contributed by atoms with E-state index in [1.165, 1.54) is 26.0 Å². The van der Waals surface area contributed by atoms with Crippen molar-refractivity contribution in [3.05, 3.63) is 35.1 Å². The molecule has 0 atom stereocenters. The fourth-order valence-corrected chi connectivity index (χ4v) is 1.58. The van der Waals surface area contributed by atoms with Crippen LogP contribution in [0.1, 0.15) is 43.6 Å². The number of benzene rings is 1. The summed E-state index contributed by atoms with van der Waals surface area (Å²) in [5.74, 6) is -2.28. The summed E-state index contributed by atoms with van der Waals surface area (Å²) in [4.78, 5) is 23.4. The molecule has 5 heteroatoms. The van der Waals surface area contributed by atoms with Crippen LogP contribution in [0.5, 0.6) is 0 Å². The topological polar surface area (TPSA) is 66.4 Å². The molecule has 1 aromatic rings. The van der Waals surface area contributed by atoms with E-state index < -0.39 is 28.6 Å². The van der Waals surface area contributed by atoms with Crippen molar-refractivity contribution in [1.82, 2.24) is 5.32 Å². The second kappa shape index (κ2) is 5.23. The molecule has 0 aromatic heterocycles. The van der Waals surface area contributed by atoms with E-state index in [2.05, 4.69) is 5.32 Å². The van der Waals surface area contributed by atoms with Crippen molar-refractivity contribution in [3.63, 3.8) is 0 Å². The molecule has 0 bridgehead atoms. The summed E-state index contributed by atoms with van der Waals surface area (Å²) in [7, 11) is 0. The van der Waals surface area contributed by atoms with Crippen LogP contribution in [0.2, 0.25) is 0 Å². The van der Waals surface area contributed by atoms with E-state index in [1.807, 2.05) is 0 Å². The van der Waals surface area contributed by atoms with Crippen LogP contribution in [0.25, 0.3) is 0 Å². The Morgan fingerprint density at radius 2 is 1.75 bits per heavy atom. The molecule has 0 aliphatic heterocycles. The number of carboxylic acids is 1. The number of amides is 1. The zero-order valence-corrected chi connectivity index (χ0v) is 12.4. The van der Waals surface area contributed by atoms with Gasteiger partial charge in [-0.25, -0.2) is 4.39 Å². The van der Waals surface area contributed by atoms with Crippen LogP contribution < -0.4 is 5.32 Å². The van der Waals surface area contributed by atoms with Gasteiger partial charge in [0.2, 0.25) is 0 Å². The molecule has 4 nitrogen and oxygen atoms in total. The van der Waals surface area contributed by atoms with Gasteiger partial charge in [0.1, 0.15) is 5.82 Å². The highest BCUT2D eigenvalue weighted by Crippen LogP contribution is 2.31. The van der Waals surface area contributed by atoms with Crippen LogP contribution in [0.4, 0.5) is 4.39 Å². The first-order chi connectivity index (χ1) is 8.99. The van der Waals surface area contributed by atoms with Crippen molar-refractivity contribution >= 4 is 11.9 Å². The highest BCUT2D eigenvalue weighted by atomic mass is 19.1. The van der Waals surface area contributed by atoms with Gasteiger partial charge in [-0.15, -0.1) is 0 Å². The maximum atomic E-state index is 13.8. The Labute approximate surface area is 118 Å². The Hall–Kier alpha value is -1.91. The fourth-order valence-electron chi connectivity index (χ4n) is 1.58. The largest absolute Gasteiger partial charge is 0.481 e. The van der Waals surface area contributed by atoms with E-state index in [0.717, 1.165) is 0 Å². The molecule has 20 heavy (non-hydrogen) atoms. The van der Waals surface area contributed by atoms with Crippen molar-refractivity contribution < 1.29 is 19.1 Å². The lowest BCUT2D eigenvalue weighted by Gasteiger charge is -2.38. The first kappa shape index (κ1) is 16.1. The highest BCUT2D eigenvalue weighted by molar-refractivity contribution is 5.95. The number of carboxylic acid groups (broad SMARTS) is 1. The monoisotopic (exact) mass is 281 g/mol. The van der Waals surface area contributed by atoms with Crippen molar-refractivity contribution in [3.8, 4) is 0 Å². The third-order valence-corrected chi connectivity index (χ3v) is 3.89. The molecule has 0 radical (unpaired) electrons. The summed E-state index contributed by atoms with van der Waals surface area (Å²) in [5.41, 5.74) is -1.61. The maximum absolute atomic E-state index is 13.8. The molecule has 0 saturated carbocycles. The van der Waals surface area contributed by atoms with Crippen LogP contribution in [0, 0.1) is 18.2 Å². The first-order valence-corrected chi connectivity index (χ1v) is 6.31. The van der Waals surface area contributed by atoms with E-state index in [1.54, 1.807) is 26.8 Å². The normalized spacial score (nSPS) is 12.1. The summed E-state index contributed by atoms with van der Waals surface area (Å²) in [6.45, 7) is 7.96. The van der Waals surface area contributed by atoms with E-state index in [-0.39, 0.29) is 5.56 Å². The smallest absolute Gasteiger partial charge is 0.311 e. The lowest BCUT2D eigenvalue weighted by molar-refractivity contribution is -0.150. The van der Waals surface area contributed by atoms with Crippen molar-refractivity contribution in [2.75, 3.05) is 0 Å². The Bertz CT molecular complexity index is 550. The van der Waals surface area contributed by atoms with Crippen LogP contribution in [-0.4, -0.2) is 22.5 Å². The number of aryl methyl sites for hydroxylation is 1. The van der Waals surface area contributed by atoms with Crippen molar-refractivity contribution in [1.29, 1.82) is 0 Å². The van der Waals surface area contributed by atoms with Crippen molar-refractivity contribution in [2.45, 2.75) is 40.2 Å². The summed E-state index contributed by atoms with van der Waals surface area (Å²) in [6, 6.07) is 4.29. The molecule has 0 saturated heterocycles. The second-order valence-corrected chi connectivity index (χ2v) is 5.99. The van der Waals surface area contributed by atoms with Gasteiger partial charge in [0.05, 0.1) is 16.5 Å². The lowest BCUT2D eigenvalue weighted by Crippen LogP contribution is -2.57. The molecule has 0 aliphatic rings. The number of hydrogen-bond donors (Lipinski definition) is 2. The van der Waals surface area contributed by atoms with E-state index in [9.17, 15) is 19.1 Å². The number of carbonyl (C=O) groups is 2. The number of aliphatic carboxylic acids is 1. The Kier molecular flexibility index (Phi) is 4.22. The zero-order chi connectivity index (χ0) is 15.7. The minimum Gasteiger partial charge on any atom is -0.481 e. The van der Waals surface area contributed by atoms with Gasteiger partial charge < -0.3 is 10.4 Å². The highest BCUT2D eigenvalue weighted by Gasteiger charge is 2.44. The maximum Gasteiger partial charge on any atom is 0.311 e. The summed E-state index contributed by atoms with van der Waals surface area (Å²) in [5, 5.41) is 11.8. The molecule has 1 rings (SSSR count). The minimum absolute atomic E-state index is 0.0927. The number of hydrogen-bond acceptors (Lipinski definition) is 2. The predicted molar refractivity (Wildman–Crippen MR) is 74.1 cm³/mol.